The lowest BCUT2D eigenvalue weighted by Gasteiger charge is -2.31. The second-order valence-electron chi connectivity index (χ2n) is 4.77. The molecule has 0 aromatic carbocycles. The van der Waals surface area contributed by atoms with Crippen LogP contribution in [0.25, 0.3) is 0 Å². The van der Waals surface area contributed by atoms with Crippen LogP contribution in [-0.2, 0) is 0 Å². The predicted octanol–water partition coefficient (Wildman–Crippen LogP) is 2.93. The van der Waals surface area contributed by atoms with Gasteiger partial charge in [-0.1, -0.05) is 10.6 Å². The van der Waals surface area contributed by atoms with Crippen molar-refractivity contribution in [3.8, 4) is 0 Å². The van der Waals surface area contributed by atoms with Gasteiger partial charge in [0, 0.05) is 18.0 Å². The molecule has 0 N–H and O–H groups in total. The molecule has 0 aliphatic carbocycles. The number of nitrogens with zero attached hydrogens (tertiary/aromatic N) is 3. The van der Waals surface area contributed by atoms with Gasteiger partial charge in [0.05, 0.1) is 5.69 Å². The topological polar surface area (TPSA) is 46.1 Å². The molecule has 2 aromatic heterocycles. The van der Waals surface area contributed by atoms with Crippen LogP contribution in [0.1, 0.15) is 39.0 Å². The van der Waals surface area contributed by atoms with Gasteiger partial charge in [-0.3, -0.25) is 4.79 Å². The van der Waals surface area contributed by atoms with Gasteiger partial charge in [-0.05, 0) is 48.7 Å². The molecule has 1 aliphatic heterocycles. The minimum atomic E-state index is 0.0946. The van der Waals surface area contributed by atoms with Crippen molar-refractivity contribution in [3.63, 3.8) is 0 Å². The number of hydrogen-bond acceptors (Lipinski definition) is 5. The largest absolute Gasteiger partial charge is 0.338 e. The molecule has 3 rings (SSSR count). The van der Waals surface area contributed by atoms with Crippen LogP contribution in [-0.4, -0.2) is 33.5 Å². The van der Waals surface area contributed by atoms with Crippen molar-refractivity contribution >= 4 is 28.8 Å². The molecule has 1 amide bonds. The molecular formula is C13H15N3OS2. The van der Waals surface area contributed by atoms with Crippen molar-refractivity contribution in [2.75, 3.05) is 13.1 Å². The van der Waals surface area contributed by atoms with Crippen molar-refractivity contribution in [1.82, 2.24) is 14.5 Å². The average Bonchev–Trinajstić information content (AvgIpc) is 3.09. The van der Waals surface area contributed by atoms with Crippen LogP contribution in [0.3, 0.4) is 0 Å². The second-order valence-corrected chi connectivity index (χ2v) is 6.50. The number of aromatic nitrogens is 2. The average molecular weight is 293 g/mol. The number of carbonyl (C=O) groups excluding carboxylic acids is 1. The first-order valence-corrected chi connectivity index (χ1v) is 8.02. The fourth-order valence-corrected chi connectivity index (χ4v) is 3.99. The van der Waals surface area contributed by atoms with E-state index in [2.05, 4.69) is 27.1 Å². The third kappa shape index (κ3) is 2.55. The van der Waals surface area contributed by atoms with E-state index in [1.807, 2.05) is 23.2 Å². The van der Waals surface area contributed by atoms with Crippen LogP contribution in [0.4, 0.5) is 0 Å². The second kappa shape index (κ2) is 5.38. The maximum atomic E-state index is 12.3. The first-order chi connectivity index (χ1) is 9.25. The maximum absolute atomic E-state index is 12.3. The SMILES string of the molecule is Cc1nnsc1C(=O)N1CCC(c2cccs2)CC1. The summed E-state index contributed by atoms with van der Waals surface area (Å²) < 4.78 is 3.84. The van der Waals surface area contributed by atoms with E-state index in [0.29, 0.717) is 10.8 Å². The summed E-state index contributed by atoms with van der Waals surface area (Å²) in [6, 6.07) is 4.30. The highest BCUT2D eigenvalue weighted by molar-refractivity contribution is 7.10. The Morgan fingerprint density at radius 1 is 1.42 bits per heavy atom. The molecule has 19 heavy (non-hydrogen) atoms. The van der Waals surface area contributed by atoms with Gasteiger partial charge in [0.25, 0.3) is 5.91 Å². The quantitative estimate of drug-likeness (QED) is 0.855. The van der Waals surface area contributed by atoms with Crippen LogP contribution < -0.4 is 0 Å². The summed E-state index contributed by atoms with van der Waals surface area (Å²) in [5, 5.41) is 6.04. The molecule has 100 valence electrons. The molecule has 2 aromatic rings. The van der Waals surface area contributed by atoms with Gasteiger partial charge in [-0.25, -0.2) is 0 Å². The lowest BCUT2D eigenvalue weighted by atomic mass is 9.95. The number of thiophene rings is 1. The summed E-state index contributed by atoms with van der Waals surface area (Å²) in [6.07, 6.45) is 2.11. The van der Waals surface area contributed by atoms with Gasteiger partial charge in [-0.2, -0.15) is 0 Å². The highest BCUT2D eigenvalue weighted by Gasteiger charge is 2.26. The van der Waals surface area contributed by atoms with E-state index >= 15 is 0 Å². The third-order valence-corrected chi connectivity index (χ3v) is 5.42. The molecule has 1 fully saturated rings. The van der Waals surface area contributed by atoms with Crippen molar-refractivity contribution in [2.24, 2.45) is 0 Å². The third-order valence-electron chi connectivity index (χ3n) is 3.57. The lowest BCUT2D eigenvalue weighted by Crippen LogP contribution is -2.37. The van der Waals surface area contributed by atoms with Gasteiger partial charge in [0.15, 0.2) is 0 Å². The Labute approximate surface area is 120 Å². The number of rotatable bonds is 2. The number of aryl methyl sites for hydroxylation is 1. The van der Waals surface area contributed by atoms with E-state index in [1.54, 1.807) is 0 Å². The summed E-state index contributed by atoms with van der Waals surface area (Å²) in [4.78, 5) is 16.4. The van der Waals surface area contributed by atoms with E-state index in [1.165, 1.54) is 16.4 Å². The minimum Gasteiger partial charge on any atom is -0.338 e. The van der Waals surface area contributed by atoms with Gasteiger partial charge in [-0.15, -0.1) is 16.4 Å². The molecule has 1 saturated heterocycles. The zero-order chi connectivity index (χ0) is 13.2. The summed E-state index contributed by atoms with van der Waals surface area (Å²) in [5.74, 6) is 0.710. The lowest BCUT2D eigenvalue weighted by molar-refractivity contribution is 0.0717. The Bertz CT molecular complexity index is 556. The van der Waals surface area contributed by atoms with Crippen LogP contribution in [0, 0.1) is 6.92 Å². The molecule has 4 nitrogen and oxygen atoms in total. The summed E-state index contributed by atoms with van der Waals surface area (Å²) >= 11 is 3.02. The van der Waals surface area contributed by atoms with Gasteiger partial charge < -0.3 is 4.90 Å². The molecule has 0 saturated carbocycles. The maximum Gasteiger partial charge on any atom is 0.267 e. The van der Waals surface area contributed by atoms with Crippen molar-refractivity contribution in [2.45, 2.75) is 25.7 Å². The number of likely N-dealkylation sites (tertiary alicyclic amines) is 1. The smallest absolute Gasteiger partial charge is 0.267 e. The molecule has 0 atom stereocenters. The molecule has 1 aliphatic rings. The Hall–Kier alpha value is -1.27. The predicted molar refractivity (Wildman–Crippen MR) is 76.8 cm³/mol. The summed E-state index contributed by atoms with van der Waals surface area (Å²) in [7, 11) is 0. The molecular weight excluding hydrogens is 278 g/mol. The number of carbonyl (C=O) groups is 1. The fourth-order valence-electron chi connectivity index (χ4n) is 2.46. The van der Waals surface area contributed by atoms with Crippen LogP contribution in [0.15, 0.2) is 17.5 Å². The molecule has 0 radical (unpaired) electrons. The Morgan fingerprint density at radius 2 is 2.21 bits per heavy atom. The van der Waals surface area contributed by atoms with Crippen molar-refractivity contribution < 1.29 is 4.79 Å². The van der Waals surface area contributed by atoms with Crippen molar-refractivity contribution in [1.29, 1.82) is 0 Å². The number of piperidine rings is 1. The Kier molecular flexibility index (Phi) is 3.61. The van der Waals surface area contributed by atoms with Gasteiger partial charge in [0.2, 0.25) is 0 Å². The highest BCUT2D eigenvalue weighted by Crippen LogP contribution is 2.31. The molecule has 3 heterocycles. The first kappa shape index (κ1) is 12.7. The molecule has 6 heteroatoms. The van der Waals surface area contributed by atoms with Crippen molar-refractivity contribution in [3.05, 3.63) is 33.0 Å². The van der Waals surface area contributed by atoms with Gasteiger partial charge in [0.1, 0.15) is 4.88 Å². The Morgan fingerprint density at radius 3 is 2.79 bits per heavy atom. The molecule has 0 bridgehead atoms. The van der Waals surface area contributed by atoms with Crippen LogP contribution in [0.2, 0.25) is 0 Å². The normalized spacial score (nSPS) is 16.8. The molecule has 0 unspecified atom stereocenters. The summed E-state index contributed by atoms with van der Waals surface area (Å²) in [5.41, 5.74) is 0.746. The monoisotopic (exact) mass is 293 g/mol. The van der Waals surface area contributed by atoms with E-state index in [-0.39, 0.29) is 5.91 Å². The standard InChI is InChI=1S/C13H15N3OS2/c1-9-12(19-15-14-9)13(17)16-6-4-10(5-7-16)11-3-2-8-18-11/h2-3,8,10H,4-7H2,1H3. The van der Waals surface area contributed by atoms with E-state index in [0.717, 1.165) is 31.6 Å². The van der Waals surface area contributed by atoms with E-state index in [9.17, 15) is 4.79 Å². The minimum absolute atomic E-state index is 0.0946. The van der Waals surface area contributed by atoms with E-state index in [4.69, 9.17) is 0 Å². The highest BCUT2D eigenvalue weighted by atomic mass is 32.1. The van der Waals surface area contributed by atoms with E-state index < -0.39 is 0 Å². The summed E-state index contributed by atoms with van der Waals surface area (Å²) in [6.45, 7) is 3.51. The van der Waals surface area contributed by atoms with Crippen LogP contribution >= 0.6 is 22.9 Å². The Balaban J connectivity index is 1.64. The fraction of sp³-hybridized carbons (Fsp3) is 0.462. The number of hydrogen-bond donors (Lipinski definition) is 0. The first-order valence-electron chi connectivity index (χ1n) is 6.37. The number of amides is 1. The van der Waals surface area contributed by atoms with Crippen LogP contribution in [0.5, 0.6) is 0 Å². The molecule has 0 spiro atoms. The zero-order valence-corrected chi connectivity index (χ0v) is 12.3. The van der Waals surface area contributed by atoms with Gasteiger partial charge >= 0.3 is 0 Å². The zero-order valence-electron chi connectivity index (χ0n) is 10.7.